The molecule has 21 heavy (non-hydrogen) atoms. The lowest BCUT2D eigenvalue weighted by atomic mass is 10.1. The minimum Gasteiger partial charge on any atom is -0.493 e. The first kappa shape index (κ1) is 15.1. The predicted molar refractivity (Wildman–Crippen MR) is 80.8 cm³/mol. The predicted octanol–water partition coefficient (Wildman–Crippen LogP) is 2.35. The number of benzene rings is 1. The molecule has 0 atom stereocenters. The van der Waals surface area contributed by atoms with Crippen LogP contribution in [0.15, 0.2) is 24.3 Å². The Hall–Kier alpha value is -2.34. The molecule has 6 heteroatoms. The van der Waals surface area contributed by atoms with Gasteiger partial charge in [0.15, 0.2) is 17.3 Å². The lowest BCUT2D eigenvalue weighted by Gasteiger charge is -2.13. The Labute approximate surface area is 124 Å². The van der Waals surface area contributed by atoms with E-state index in [1.807, 2.05) is 31.3 Å². The summed E-state index contributed by atoms with van der Waals surface area (Å²) in [5, 5.41) is 3.02. The first-order valence-electron chi connectivity index (χ1n) is 6.49. The van der Waals surface area contributed by atoms with Crippen LogP contribution in [-0.4, -0.2) is 38.3 Å². The molecule has 2 aromatic rings. The number of nitrogens with zero attached hydrogens (tertiary/aromatic N) is 2. The van der Waals surface area contributed by atoms with Crippen LogP contribution in [0.3, 0.4) is 0 Å². The standard InChI is InChI=1S/C15H19N3O3/c1-16-13-8-10(9-19-2)17-15(18-13)11-6-5-7-12(20-3)14(11)21-4/h5-8H,9H2,1-4H3,(H,16,17,18). The van der Waals surface area contributed by atoms with E-state index < -0.39 is 0 Å². The van der Waals surface area contributed by atoms with Crippen LogP contribution in [0.5, 0.6) is 11.5 Å². The van der Waals surface area contributed by atoms with Crippen molar-refractivity contribution in [3.05, 3.63) is 30.0 Å². The summed E-state index contributed by atoms with van der Waals surface area (Å²) in [5.41, 5.74) is 1.56. The van der Waals surface area contributed by atoms with E-state index in [1.165, 1.54) is 0 Å². The Bertz CT molecular complexity index is 617. The summed E-state index contributed by atoms with van der Waals surface area (Å²) >= 11 is 0. The van der Waals surface area contributed by atoms with Crippen molar-refractivity contribution < 1.29 is 14.2 Å². The molecule has 0 radical (unpaired) electrons. The van der Waals surface area contributed by atoms with Gasteiger partial charge in [-0.25, -0.2) is 9.97 Å². The van der Waals surface area contributed by atoms with E-state index in [9.17, 15) is 0 Å². The summed E-state index contributed by atoms with van der Waals surface area (Å²) in [4.78, 5) is 8.99. The van der Waals surface area contributed by atoms with Crippen LogP contribution in [0.2, 0.25) is 0 Å². The van der Waals surface area contributed by atoms with Gasteiger partial charge in [0, 0.05) is 20.2 Å². The molecule has 0 saturated carbocycles. The molecule has 0 unspecified atom stereocenters. The van der Waals surface area contributed by atoms with Crippen molar-refractivity contribution in [3.8, 4) is 22.9 Å². The van der Waals surface area contributed by atoms with Crippen molar-refractivity contribution in [2.24, 2.45) is 0 Å². The lowest BCUT2D eigenvalue weighted by molar-refractivity contribution is 0.181. The lowest BCUT2D eigenvalue weighted by Crippen LogP contribution is -2.03. The van der Waals surface area contributed by atoms with Gasteiger partial charge in [-0.1, -0.05) is 6.07 Å². The molecule has 1 N–H and O–H groups in total. The third-order valence-electron chi connectivity index (χ3n) is 2.97. The normalized spacial score (nSPS) is 10.3. The Kier molecular flexibility index (Phi) is 4.94. The number of hydrogen-bond donors (Lipinski definition) is 1. The average Bonchev–Trinajstić information content (AvgIpc) is 2.53. The molecule has 112 valence electrons. The molecule has 0 aliphatic rings. The van der Waals surface area contributed by atoms with Gasteiger partial charge in [-0.2, -0.15) is 0 Å². The Balaban J connectivity index is 2.57. The molecule has 1 aromatic carbocycles. The third kappa shape index (κ3) is 3.22. The Morgan fingerprint density at radius 2 is 1.90 bits per heavy atom. The minimum atomic E-state index is 0.413. The maximum atomic E-state index is 5.44. The van der Waals surface area contributed by atoms with Gasteiger partial charge in [-0.05, 0) is 12.1 Å². The quantitative estimate of drug-likeness (QED) is 0.880. The van der Waals surface area contributed by atoms with Gasteiger partial charge in [-0.15, -0.1) is 0 Å². The molecule has 0 spiro atoms. The number of nitrogens with one attached hydrogen (secondary N) is 1. The van der Waals surface area contributed by atoms with Crippen molar-refractivity contribution in [1.29, 1.82) is 0 Å². The molecule has 2 rings (SSSR count). The van der Waals surface area contributed by atoms with Gasteiger partial charge in [0.25, 0.3) is 0 Å². The topological polar surface area (TPSA) is 65.5 Å². The van der Waals surface area contributed by atoms with E-state index in [1.54, 1.807) is 21.3 Å². The fraction of sp³-hybridized carbons (Fsp3) is 0.333. The van der Waals surface area contributed by atoms with E-state index in [-0.39, 0.29) is 0 Å². The minimum absolute atomic E-state index is 0.413. The van der Waals surface area contributed by atoms with Crippen LogP contribution in [0.4, 0.5) is 5.82 Å². The molecule has 0 fully saturated rings. The zero-order chi connectivity index (χ0) is 15.2. The van der Waals surface area contributed by atoms with Crippen LogP contribution in [0.25, 0.3) is 11.4 Å². The number of anilines is 1. The molecule has 0 aliphatic carbocycles. The molecule has 1 heterocycles. The van der Waals surface area contributed by atoms with Gasteiger partial charge < -0.3 is 19.5 Å². The number of para-hydroxylation sites is 1. The number of hydrogen-bond acceptors (Lipinski definition) is 6. The van der Waals surface area contributed by atoms with Crippen LogP contribution >= 0.6 is 0 Å². The van der Waals surface area contributed by atoms with Gasteiger partial charge in [-0.3, -0.25) is 0 Å². The number of ether oxygens (including phenoxy) is 3. The van der Waals surface area contributed by atoms with Crippen LogP contribution in [0, 0.1) is 0 Å². The zero-order valence-corrected chi connectivity index (χ0v) is 12.6. The molecule has 0 amide bonds. The molecular formula is C15H19N3O3. The summed E-state index contributed by atoms with van der Waals surface area (Å²) in [5.74, 6) is 2.53. The van der Waals surface area contributed by atoms with Crippen LogP contribution in [0.1, 0.15) is 5.69 Å². The fourth-order valence-electron chi connectivity index (χ4n) is 2.03. The highest BCUT2D eigenvalue weighted by atomic mass is 16.5. The summed E-state index contributed by atoms with van der Waals surface area (Å²) in [6.07, 6.45) is 0. The molecule has 6 nitrogen and oxygen atoms in total. The maximum absolute atomic E-state index is 5.44. The first-order valence-corrected chi connectivity index (χ1v) is 6.49. The van der Waals surface area contributed by atoms with E-state index in [0.29, 0.717) is 23.9 Å². The smallest absolute Gasteiger partial charge is 0.171 e. The molecule has 0 bridgehead atoms. The SMILES string of the molecule is CNc1cc(COC)nc(-c2cccc(OC)c2OC)n1. The molecule has 0 aliphatic heterocycles. The highest BCUT2D eigenvalue weighted by molar-refractivity contribution is 5.69. The van der Waals surface area contributed by atoms with Gasteiger partial charge in [0.05, 0.1) is 32.1 Å². The summed E-state index contributed by atoms with van der Waals surface area (Å²) in [6, 6.07) is 7.45. The van der Waals surface area contributed by atoms with Crippen LogP contribution in [-0.2, 0) is 11.3 Å². The van der Waals surface area contributed by atoms with Gasteiger partial charge >= 0.3 is 0 Å². The van der Waals surface area contributed by atoms with Crippen molar-refractivity contribution in [2.45, 2.75) is 6.61 Å². The second kappa shape index (κ2) is 6.90. The highest BCUT2D eigenvalue weighted by Gasteiger charge is 2.15. The largest absolute Gasteiger partial charge is 0.493 e. The van der Waals surface area contributed by atoms with Crippen molar-refractivity contribution in [3.63, 3.8) is 0 Å². The third-order valence-corrected chi connectivity index (χ3v) is 2.97. The van der Waals surface area contributed by atoms with Crippen molar-refractivity contribution >= 4 is 5.82 Å². The van der Waals surface area contributed by atoms with Gasteiger partial charge in [0.1, 0.15) is 5.82 Å². The summed E-state index contributed by atoms with van der Waals surface area (Å²) in [6.45, 7) is 0.413. The Morgan fingerprint density at radius 1 is 1.10 bits per heavy atom. The molecular weight excluding hydrogens is 270 g/mol. The second-order valence-electron chi connectivity index (χ2n) is 4.29. The maximum Gasteiger partial charge on any atom is 0.171 e. The van der Waals surface area contributed by atoms with Crippen molar-refractivity contribution in [2.75, 3.05) is 33.7 Å². The molecule has 0 saturated heterocycles. The van der Waals surface area contributed by atoms with E-state index in [0.717, 1.165) is 17.1 Å². The monoisotopic (exact) mass is 289 g/mol. The second-order valence-corrected chi connectivity index (χ2v) is 4.29. The van der Waals surface area contributed by atoms with E-state index in [2.05, 4.69) is 15.3 Å². The number of rotatable bonds is 6. The van der Waals surface area contributed by atoms with E-state index >= 15 is 0 Å². The zero-order valence-electron chi connectivity index (χ0n) is 12.6. The fourth-order valence-corrected chi connectivity index (χ4v) is 2.03. The summed E-state index contributed by atoms with van der Waals surface area (Å²) in [7, 11) is 6.64. The Morgan fingerprint density at radius 3 is 2.52 bits per heavy atom. The number of aromatic nitrogens is 2. The first-order chi connectivity index (χ1) is 10.2. The van der Waals surface area contributed by atoms with Crippen LogP contribution < -0.4 is 14.8 Å². The molecule has 1 aromatic heterocycles. The van der Waals surface area contributed by atoms with E-state index in [4.69, 9.17) is 14.2 Å². The number of methoxy groups -OCH3 is 3. The highest BCUT2D eigenvalue weighted by Crippen LogP contribution is 2.36. The summed E-state index contributed by atoms with van der Waals surface area (Å²) < 4.78 is 15.9. The van der Waals surface area contributed by atoms with Gasteiger partial charge in [0.2, 0.25) is 0 Å². The van der Waals surface area contributed by atoms with Crippen molar-refractivity contribution in [1.82, 2.24) is 9.97 Å². The average molecular weight is 289 g/mol.